The van der Waals surface area contributed by atoms with Gasteiger partial charge in [-0.1, -0.05) is 18.5 Å². The molecule has 0 aliphatic heterocycles. The van der Waals surface area contributed by atoms with Gasteiger partial charge in [-0.15, -0.1) is 0 Å². The van der Waals surface area contributed by atoms with Crippen molar-refractivity contribution >= 4 is 11.6 Å². The third-order valence-corrected chi connectivity index (χ3v) is 2.92. The van der Waals surface area contributed by atoms with Crippen LogP contribution >= 0.6 is 11.6 Å². The maximum atomic E-state index is 12.3. The molecule has 104 valence electrons. The summed E-state index contributed by atoms with van der Waals surface area (Å²) in [5, 5.41) is 7.43. The normalized spacial score (nSPS) is 13.9. The maximum absolute atomic E-state index is 12.3. The van der Waals surface area contributed by atoms with Gasteiger partial charge in [-0.05, 0) is 19.4 Å². The van der Waals surface area contributed by atoms with Crippen LogP contribution in [0.1, 0.15) is 37.9 Å². The molecule has 1 aromatic rings. The molecule has 0 fully saturated rings. The van der Waals surface area contributed by atoms with E-state index in [-0.39, 0.29) is 6.42 Å². The number of aryl methyl sites for hydroxylation is 1. The van der Waals surface area contributed by atoms with Crippen molar-refractivity contribution in [3.05, 3.63) is 16.9 Å². The Morgan fingerprint density at radius 1 is 1.50 bits per heavy atom. The van der Waals surface area contributed by atoms with Crippen LogP contribution in [0.15, 0.2) is 6.20 Å². The largest absolute Gasteiger partial charge is 0.389 e. The highest BCUT2D eigenvalue weighted by Crippen LogP contribution is 2.30. The first-order chi connectivity index (χ1) is 8.35. The molecule has 1 N–H and O–H groups in total. The lowest BCUT2D eigenvalue weighted by Gasteiger charge is -2.20. The summed E-state index contributed by atoms with van der Waals surface area (Å²) >= 11 is 5.96. The minimum atomic E-state index is -4.16. The lowest BCUT2D eigenvalue weighted by atomic mass is 10.1. The Bertz CT molecular complexity index is 357. The van der Waals surface area contributed by atoms with Gasteiger partial charge in [-0.2, -0.15) is 18.3 Å². The fraction of sp³-hybridized carbons (Fsp3) is 0.727. The van der Waals surface area contributed by atoms with E-state index in [0.29, 0.717) is 17.3 Å². The third kappa shape index (κ3) is 4.49. The van der Waals surface area contributed by atoms with E-state index in [1.165, 1.54) is 10.9 Å². The summed E-state index contributed by atoms with van der Waals surface area (Å²) in [7, 11) is 1.68. The van der Waals surface area contributed by atoms with Crippen LogP contribution in [-0.2, 0) is 7.05 Å². The van der Waals surface area contributed by atoms with Gasteiger partial charge in [0.25, 0.3) is 0 Å². The molecule has 0 bridgehead atoms. The average Bonchev–Trinajstić information content (AvgIpc) is 2.59. The van der Waals surface area contributed by atoms with Crippen molar-refractivity contribution in [2.75, 3.05) is 6.54 Å². The van der Waals surface area contributed by atoms with Crippen LogP contribution in [0.3, 0.4) is 0 Å². The molecule has 1 heterocycles. The fourth-order valence-electron chi connectivity index (χ4n) is 1.77. The van der Waals surface area contributed by atoms with Gasteiger partial charge in [0.15, 0.2) is 0 Å². The highest BCUT2D eigenvalue weighted by Gasteiger charge is 2.30. The summed E-state index contributed by atoms with van der Waals surface area (Å²) in [4.78, 5) is 0. The van der Waals surface area contributed by atoms with E-state index in [2.05, 4.69) is 10.4 Å². The lowest BCUT2D eigenvalue weighted by molar-refractivity contribution is -0.136. The van der Waals surface area contributed by atoms with Crippen LogP contribution in [0.4, 0.5) is 13.2 Å². The predicted molar refractivity (Wildman–Crippen MR) is 64.5 cm³/mol. The van der Waals surface area contributed by atoms with Gasteiger partial charge in [0.1, 0.15) is 0 Å². The topological polar surface area (TPSA) is 29.9 Å². The SMILES string of the molecule is CCCNC(CCC(F)(F)F)c1c(Cl)cnn1C. The molecule has 18 heavy (non-hydrogen) atoms. The number of aromatic nitrogens is 2. The molecule has 0 aromatic carbocycles. The summed E-state index contributed by atoms with van der Waals surface area (Å²) in [6.45, 7) is 2.60. The quantitative estimate of drug-likeness (QED) is 0.866. The zero-order valence-corrected chi connectivity index (χ0v) is 11.1. The number of rotatable bonds is 6. The summed E-state index contributed by atoms with van der Waals surface area (Å²) in [6.07, 6.45) is -2.74. The second-order valence-corrected chi connectivity index (χ2v) is 4.57. The van der Waals surface area contributed by atoms with Crippen molar-refractivity contribution in [2.24, 2.45) is 7.05 Å². The van der Waals surface area contributed by atoms with Crippen LogP contribution < -0.4 is 5.32 Å². The third-order valence-electron chi connectivity index (χ3n) is 2.62. The number of hydrogen-bond donors (Lipinski definition) is 1. The molecule has 1 aromatic heterocycles. The molecule has 0 saturated heterocycles. The Morgan fingerprint density at radius 3 is 2.61 bits per heavy atom. The Hall–Kier alpha value is -0.750. The molecular weight excluding hydrogens is 267 g/mol. The Labute approximate surface area is 109 Å². The lowest BCUT2D eigenvalue weighted by Crippen LogP contribution is -2.26. The molecule has 0 amide bonds. The maximum Gasteiger partial charge on any atom is 0.389 e. The first kappa shape index (κ1) is 15.3. The first-order valence-electron chi connectivity index (χ1n) is 5.82. The van der Waals surface area contributed by atoms with E-state index in [0.717, 1.165) is 6.42 Å². The molecule has 0 aliphatic carbocycles. The highest BCUT2D eigenvalue weighted by atomic mass is 35.5. The van der Waals surface area contributed by atoms with E-state index in [4.69, 9.17) is 11.6 Å². The van der Waals surface area contributed by atoms with Gasteiger partial charge in [0, 0.05) is 13.5 Å². The summed E-state index contributed by atoms with van der Waals surface area (Å²) < 4.78 is 38.4. The Kier molecular flexibility index (Phi) is 5.47. The van der Waals surface area contributed by atoms with Gasteiger partial charge in [0.05, 0.1) is 23.0 Å². The van der Waals surface area contributed by atoms with Crippen LogP contribution in [0.25, 0.3) is 0 Å². The number of nitrogens with one attached hydrogen (secondary N) is 1. The Balaban J connectivity index is 2.78. The molecule has 0 spiro atoms. The van der Waals surface area contributed by atoms with Gasteiger partial charge in [-0.3, -0.25) is 4.68 Å². The number of hydrogen-bond acceptors (Lipinski definition) is 2. The predicted octanol–water partition coefficient (Wildman–Crippen LogP) is 3.46. The van der Waals surface area contributed by atoms with Crippen LogP contribution in [0, 0.1) is 0 Å². The van der Waals surface area contributed by atoms with Crippen molar-refractivity contribution in [3.8, 4) is 0 Å². The zero-order chi connectivity index (χ0) is 13.8. The molecule has 0 radical (unpaired) electrons. The van der Waals surface area contributed by atoms with Crippen molar-refractivity contribution in [1.29, 1.82) is 0 Å². The van der Waals surface area contributed by atoms with Crippen LogP contribution in [-0.4, -0.2) is 22.5 Å². The van der Waals surface area contributed by atoms with Crippen molar-refractivity contribution in [3.63, 3.8) is 0 Å². The molecular formula is C11H17ClF3N3. The second-order valence-electron chi connectivity index (χ2n) is 4.16. The number of alkyl halides is 3. The van der Waals surface area contributed by atoms with Gasteiger partial charge in [0.2, 0.25) is 0 Å². The summed E-state index contributed by atoms with van der Waals surface area (Å²) in [6, 6.07) is -0.424. The molecule has 7 heteroatoms. The summed E-state index contributed by atoms with van der Waals surface area (Å²) in [5.41, 5.74) is 0.606. The minimum absolute atomic E-state index is 0.0389. The van der Waals surface area contributed by atoms with E-state index in [9.17, 15) is 13.2 Å². The standard InChI is InChI=1S/C11H17ClF3N3/c1-3-6-16-9(4-5-11(13,14)15)10-8(12)7-17-18(10)2/h7,9,16H,3-6H2,1-2H3. The van der Waals surface area contributed by atoms with Gasteiger partial charge < -0.3 is 5.32 Å². The fourth-order valence-corrected chi connectivity index (χ4v) is 2.07. The van der Waals surface area contributed by atoms with E-state index in [1.807, 2.05) is 6.92 Å². The minimum Gasteiger partial charge on any atom is -0.309 e. The Morgan fingerprint density at radius 2 is 2.17 bits per heavy atom. The number of halogens is 4. The van der Waals surface area contributed by atoms with Crippen molar-refractivity contribution < 1.29 is 13.2 Å². The average molecular weight is 284 g/mol. The van der Waals surface area contributed by atoms with Crippen LogP contribution in [0.2, 0.25) is 5.02 Å². The molecule has 1 rings (SSSR count). The molecule has 3 nitrogen and oxygen atoms in total. The first-order valence-corrected chi connectivity index (χ1v) is 6.20. The van der Waals surface area contributed by atoms with Crippen LogP contribution in [0.5, 0.6) is 0 Å². The monoisotopic (exact) mass is 283 g/mol. The van der Waals surface area contributed by atoms with E-state index in [1.54, 1.807) is 7.05 Å². The molecule has 1 unspecified atom stereocenters. The van der Waals surface area contributed by atoms with E-state index >= 15 is 0 Å². The second kappa shape index (κ2) is 6.43. The zero-order valence-electron chi connectivity index (χ0n) is 10.4. The van der Waals surface area contributed by atoms with Crippen molar-refractivity contribution in [1.82, 2.24) is 15.1 Å². The summed E-state index contributed by atoms with van der Waals surface area (Å²) in [5.74, 6) is 0. The molecule has 0 aliphatic rings. The smallest absolute Gasteiger partial charge is 0.309 e. The highest BCUT2D eigenvalue weighted by molar-refractivity contribution is 6.31. The molecule has 0 saturated carbocycles. The van der Waals surface area contributed by atoms with E-state index < -0.39 is 18.6 Å². The van der Waals surface area contributed by atoms with Gasteiger partial charge in [-0.25, -0.2) is 0 Å². The van der Waals surface area contributed by atoms with Crippen molar-refractivity contribution in [2.45, 2.75) is 38.4 Å². The van der Waals surface area contributed by atoms with Gasteiger partial charge >= 0.3 is 6.18 Å². The number of nitrogens with zero attached hydrogens (tertiary/aromatic N) is 2. The molecule has 1 atom stereocenters.